The Morgan fingerprint density at radius 1 is 0.277 bits per heavy atom. The molecular weight excluding hydrogens is 791 g/mol. The van der Waals surface area contributed by atoms with E-state index in [-0.39, 0.29) is 0 Å². The molecule has 0 saturated heterocycles. The number of nitrogens with zero attached hydrogens (tertiary/aromatic N) is 5. The van der Waals surface area contributed by atoms with E-state index in [4.69, 9.17) is 9.97 Å². The van der Waals surface area contributed by atoms with Crippen LogP contribution < -0.4 is 0 Å². The minimum atomic E-state index is 0.649. The first kappa shape index (κ1) is 35.8. The molecule has 0 aliphatic carbocycles. The quantitative estimate of drug-likeness (QED) is 0.173. The summed E-state index contributed by atoms with van der Waals surface area (Å²) < 4.78 is 7.12. The van der Waals surface area contributed by atoms with Crippen LogP contribution in [-0.2, 0) is 0 Å². The number of rotatable bonds is 5. The number of fused-ring (bicyclic) bond motifs is 12. The van der Waals surface area contributed by atoms with Gasteiger partial charge >= 0.3 is 0 Å². The van der Waals surface area contributed by atoms with E-state index in [9.17, 15) is 0 Å². The van der Waals surface area contributed by atoms with Crippen molar-refractivity contribution in [2.24, 2.45) is 0 Å². The van der Waals surface area contributed by atoms with E-state index < -0.39 is 0 Å². The van der Waals surface area contributed by atoms with Gasteiger partial charge in [-0.15, -0.1) is 0 Å². The van der Waals surface area contributed by atoms with Gasteiger partial charge in [-0.2, -0.15) is 0 Å². The molecule has 302 valence electrons. The van der Waals surface area contributed by atoms with Crippen LogP contribution in [0.3, 0.4) is 0 Å². The van der Waals surface area contributed by atoms with Crippen LogP contribution in [0.2, 0.25) is 0 Å². The first-order valence-corrected chi connectivity index (χ1v) is 22.2. The molecule has 0 aliphatic heterocycles. The van der Waals surface area contributed by atoms with Crippen LogP contribution in [0.4, 0.5) is 0 Å². The van der Waals surface area contributed by atoms with E-state index in [0.29, 0.717) is 5.95 Å². The zero-order valence-electron chi connectivity index (χ0n) is 35.1. The molecule has 0 saturated carbocycles. The number of benzene rings is 10. The third kappa shape index (κ3) is 5.33. The van der Waals surface area contributed by atoms with E-state index in [0.717, 1.165) is 55.3 Å². The van der Waals surface area contributed by atoms with Gasteiger partial charge in [0.25, 0.3) is 0 Å². The molecule has 0 bridgehead atoms. The predicted octanol–water partition coefficient (Wildman–Crippen LogP) is 15.4. The second-order valence-electron chi connectivity index (χ2n) is 17.0. The summed E-state index contributed by atoms with van der Waals surface area (Å²) in [6, 6.07) is 80.9. The second-order valence-corrected chi connectivity index (χ2v) is 17.0. The lowest BCUT2D eigenvalue weighted by atomic mass is 10.0. The molecule has 0 amide bonds. The van der Waals surface area contributed by atoms with Gasteiger partial charge in [0.2, 0.25) is 5.95 Å². The SMILES string of the molecule is c1ccc(-c2cccc(-n3c4ccccc4c4c5c6ccccc6n(-c6ccc7c(c6)c6ccccc6n7-c6nc(-c7ccc8ccccc8c7)c7ccccc7n6)c5ccc43)c2)cc1. The van der Waals surface area contributed by atoms with Gasteiger partial charge in [0.15, 0.2) is 0 Å². The molecule has 0 fully saturated rings. The van der Waals surface area contributed by atoms with Crippen LogP contribution in [0.1, 0.15) is 0 Å². The molecular formula is C60H37N5. The summed E-state index contributed by atoms with van der Waals surface area (Å²) in [5.74, 6) is 0.649. The van der Waals surface area contributed by atoms with Crippen LogP contribution in [0, 0.1) is 0 Å². The molecule has 10 aromatic carbocycles. The summed E-state index contributed by atoms with van der Waals surface area (Å²) in [7, 11) is 0. The first-order chi connectivity index (χ1) is 32.2. The van der Waals surface area contributed by atoms with Gasteiger partial charge in [-0.3, -0.25) is 4.57 Å². The molecule has 4 heterocycles. The topological polar surface area (TPSA) is 40.6 Å². The van der Waals surface area contributed by atoms with Crippen molar-refractivity contribution in [1.82, 2.24) is 23.7 Å². The van der Waals surface area contributed by atoms with E-state index in [2.05, 4.69) is 238 Å². The third-order valence-electron chi connectivity index (χ3n) is 13.4. The van der Waals surface area contributed by atoms with Crippen molar-refractivity contribution in [3.63, 3.8) is 0 Å². The van der Waals surface area contributed by atoms with Crippen molar-refractivity contribution in [2.75, 3.05) is 0 Å². The van der Waals surface area contributed by atoms with Crippen molar-refractivity contribution in [3.8, 4) is 39.7 Å². The molecule has 0 unspecified atom stereocenters. The maximum atomic E-state index is 5.42. The molecule has 65 heavy (non-hydrogen) atoms. The zero-order valence-corrected chi connectivity index (χ0v) is 35.1. The third-order valence-corrected chi connectivity index (χ3v) is 13.4. The molecule has 4 aromatic heterocycles. The van der Waals surface area contributed by atoms with Crippen molar-refractivity contribution in [2.45, 2.75) is 0 Å². The minimum Gasteiger partial charge on any atom is -0.309 e. The van der Waals surface area contributed by atoms with E-state index in [1.165, 1.54) is 65.5 Å². The van der Waals surface area contributed by atoms with Crippen molar-refractivity contribution in [1.29, 1.82) is 0 Å². The summed E-state index contributed by atoms with van der Waals surface area (Å²) in [6.07, 6.45) is 0. The lowest BCUT2D eigenvalue weighted by Gasteiger charge is -2.13. The Labute approximate surface area is 373 Å². The highest BCUT2D eigenvalue weighted by atomic mass is 15.2. The van der Waals surface area contributed by atoms with Gasteiger partial charge < -0.3 is 9.13 Å². The first-order valence-electron chi connectivity index (χ1n) is 22.2. The Morgan fingerprint density at radius 2 is 0.831 bits per heavy atom. The van der Waals surface area contributed by atoms with Crippen molar-refractivity contribution in [3.05, 3.63) is 224 Å². The van der Waals surface area contributed by atoms with Gasteiger partial charge in [0.1, 0.15) is 0 Å². The smallest absolute Gasteiger partial charge is 0.235 e. The van der Waals surface area contributed by atoms with Gasteiger partial charge in [-0.05, 0) is 94.7 Å². The molecule has 5 heteroatoms. The van der Waals surface area contributed by atoms with Gasteiger partial charge in [0, 0.05) is 54.6 Å². The molecule has 14 rings (SSSR count). The fraction of sp³-hybridized carbons (Fsp3) is 0. The van der Waals surface area contributed by atoms with E-state index in [1.54, 1.807) is 0 Å². The standard InChI is InChI=1S/C60H37N5/c1-2-15-38(16-3-1)41-19-14-20-43(36-41)63-52-27-12-8-23-47(52)57-55(63)33-34-56-58(57)48-24-9-13-28-53(48)64(56)44-31-32-54-49(37-44)45-21-7-11-26-51(45)65(54)60-61-50-25-10-6-22-46(50)59(62-60)42-30-29-39-17-4-5-18-40(39)35-42/h1-37H. The average molecular weight is 828 g/mol. The van der Waals surface area contributed by atoms with Gasteiger partial charge in [-0.25, -0.2) is 9.97 Å². The van der Waals surface area contributed by atoms with E-state index in [1.807, 2.05) is 0 Å². The minimum absolute atomic E-state index is 0.649. The normalized spacial score (nSPS) is 12.0. The van der Waals surface area contributed by atoms with Crippen LogP contribution >= 0.6 is 0 Å². The summed E-state index contributed by atoms with van der Waals surface area (Å²) in [4.78, 5) is 10.7. The number of aromatic nitrogens is 5. The van der Waals surface area contributed by atoms with Crippen LogP contribution in [0.5, 0.6) is 0 Å². The Hall–Kier alpha value is -8.80. The molecule has 0 atom stereocenters. The highest BCUT2D eigenvalue weighted by Crippen LogP contribution is 2.44. The summed E-state index contributed by atoms with van der Waals surface area (Å²) >= 11 is 0. The largest absolute Gasteiger partial charge is 0.309 e. The van der Waals surface area contributed by atoms with E-state index >= 15 is 0 Å². The van der Waals surface area contributed by atoms with Crippen LogP contribution in [-0.4, -0.2) is 23.7 Å². The highest BCUT2D eigenvalue weighted by Gasteiger charge is 2.23. The Kier molecular flexibility index (Phi) is 7.62. The van der Waals surface area contributed by atoms with Gasteiger partial charge in [0.05, 0.1) is 44.3 Å². The summed E-state index contributed by atoms with van der Waals surface area (Å²) in [6.45, 7) is 0. The van der Waals surface area contributed by atoms with Gasteiger partial charge in [-0.1, -0.05) is 152 Å². The Balaban J connectivity index is 0.990. The lowest BCUT2D eigenvalue weighted by Crippen LogP contribution is -2.03. The maximum absolute atomic E-state index is 5.42. The Bertz CT molecular complexity index is 4250. The molecule has 0 spiro atoms. The van der Waals surface area contributed by atoms with Crippen molar-refractivity contribution >= 4 is 87.1 Å². The Morgan fingerprint density at radius 3 is 1.57 bits per heavy atom. The predicted molar refractivity (Wildman–Crippen MR) is 271 cm³/mol. The highest BCUT2D eigenvalue weighted by molar-refractivity contribution is 6.29. The maximum Gasteiger partial charge on any atom is 0.235 e. The zero-order chi connectivity index (χ0) is 42.6. The molecule has 5 nitrogen and oxygen atoms in total. The number of para-hydroxylation sites is 4. The molecule has 0 aliphatic rings. The second kappa shape index (κ2) is 13.9. The summed E-state index contributed by atoms with van der Waals surface area (Å²) in [5.41, 5.74) is 14.4. The molecule has 0 radical (unpaired) electrons. The van der Waals surface area contributed by atoms with Crippen molar-refractivity contribution < 1.29 is 0 Å². The average Bonchev–Trinajstić information content (AvgIpc) is 4.01. The lowest BCUT2D eigenvalue weighted by molar-refractivity contribution is 1.01. The summed E-state index contributed by atoms with van der Waals surface area (Å²) in [5, 5.41) is 10.7. The number of hydrogen-bond acceptors (Lipinski definition) is 2. The molecule has 0 N–H and O–H groups in total. The number of hydrogen-bond donors (Lipinski definition) is 0. The van der Waals surface area contributed by atoms with Crippen LogP contribution in [0.25, 0.3) is 127 Å². The molecule has 14 aromatic rings. The monoisotopic (exact) mass is 827 g/mol. The fourth-order valence-electron chi connectivity index (χ4n) is 10.6. The fourth-order valence-corrected chi connectivity index (χ4v) is 10.6. The van der Waals surface area contributed by atoms with Crippen LogP contribution in [0.15, 0.2) is 224 Å².